The minimum absolute atomic E-state index is 0.959. The molecule has 0 amide bonds. The van der Waals surface area contributed by atoms with Crippen LogP contribution in [0.4, 0.5) is 0 Å². The van der Waals surface area contributed by atoms with Crippen molar-refractivity contribution < 1.29 is 0 Å². The van der Waals surface area contributed by atoms with Gasteiger partial charge in [-0.05, 0) is 43.6 Å². The molecule has 0 aliphatic heterocycles. The van der Waals surface area contributed by atoms with Gasteiger partial charge in [-0.15, -0.1) is 0 Å². The molecule has 1 aromatic carbocycles. The third-order valence-electron chi connectivity index (χ3n) is 1.86. The summed E-state index contributed by atoms with van der Waals surface area (Å²) in [4.78, 5) is 0. The molecule has 0 spiro atoms. The molecule has 1 radical (unpaired) electrons. The van der Waals surface area contributed by atoms with Gasteiger partial charge in [0.15, 0.2) is 0 Å². The molecule has 2 heteroatoms. The van der Waals surface area contributed by atoms with Crippen molar-refractivity contribution in [2.24, 2.45) is 0 Å². The number of hydrogen-bond donors (Lipinski definition) is 1. The first-order valence-corrected chi connectivity index (χ1v) is 5.36. The molecule has 1 rings (SSSR count). The lowest BCUT2D eigenvalue weighted by molar-refractivity contribution is 0.688. The van der Waals surface area contributed by atoms with Crippen molar-refractivity contribution in [3.05, 3.63) is 41.2 Å². The van der Waals surface area contributed by atoms with Gasteiger partial charge in [0.2, 0.25) is 0 Å². The van der Waals surface area contributed by atoms with Gasteiger partial charge in [-0.1, -0.05) is 35.0 Å². The molecule has 0 saturated heterocycles. The number of halogens is 1. The van der Waals surface area contributed by atoms with E-state index in [0.717, 1.165) is 30.4 Å². The Kier molecular flexibility index (Phi) is 5.09. The maximum Gasteiger partial charge on any atom is 0.0175 e. The summed E-state index contributed by atoms with van der Waals surface area (Å²) in [5, 5.41) is 3.32. The fourth-order valence-electron chi connectivity index (χ4n) is 1.13. The molecular formula is C11H15BrN. The van der Waals surface area contributed by atoms with Gasteiger partial charge in [0.05, 0.1) is 0 Å². The Labute approximate surface area is 88.7 Å². The molecule has 13 heavy (non-hydrogen) atoms. The van der Waals surface area contributed by atoms with E-state index < -0.39 is 0 Å². The van der Waals surface area contributed by atoms with Gasteiger partial charge in [-0.2, -0.15) is 0 Å². The molecular weight excluding hydrogens is 226 g/mol. The van der Waals surface area contributed by atoms with E-state index in [-0.39, 0.29) is 0 Å². The number of benzene rings is 1. The van der Waals surface area contributed by atoms with Crippen LogP contribution in [0.2, 0.25) is 0 Å². The summed E-state index contributed by atoms with van der Waals surface area (Å²) >= 11 is 3.41. The van der Waals surface area contributed by atoms with Crippen molar-refractivity contribution in [2.45, 2.75) is 12.8 Å². The zero-order valence-electron chi connectivity index (χ0n) is 7.72. The fraction of sp³-hybridized carbons (Fsp3) is 0.364. The van der Waals surface area contributed by atoms with Gasteiger partial charge in [-0.3, -0.25) is 0 Å². The van der Waals surface area contributed by atoms with Crippen LogP contribution < -0.4 is 5.32 Å². The quantitative estimate of drug-likeness (QED) is 0.781. The van der Waals surface area contributed by atoms with Crippen LogP contribution in [0, 0.1) is 6.92 Å². The van der Waals surface area contributed by atoms with Crippen LogP contribution in [0.3, 0.4) is 0 Å². The second-order valence-corrected chi connectivity index (χ2v) is 3.90. The highest BCUT2D eigenvalue weighted by Crippen LogP contribution is 2.10. The van der Waals surface area contributed by atoms with Crippen LogP contribution >= 0.6 is 15.9 Å². The lowest BCUT2D eigenvalue weighted by Gasteiger charge is -2.02. The van der Waals surface area contributed by atoms with Crippen molar-refractivity contribution >= 4 is 15.9 Å². The Bertz CT molecular complexity index is 230. The van der Waals surface area contributed by atoms with Gasteiger partial charge in [-0.25, -0.2) is 0 Å². The summed E-state index contributed by atoms with van der Waals surface area (Å²) in [7, 11) is 0. The van der Waals surface area contributed by atoms with Crippen LogP contribution in [-0.2, 0) is 6.42 Å². The van der Waals surface area contributed by atoms with Crippen LogP contribution in [-0.4, -0.2) is 13.1 Å². The predicted molar refractivity (Wildman–Crippen MR) is 60.7 cm³/mol. The lowest BCUT2D eigenvalue weighted by Crippen LogP contribution is -2.17. The monoisotopic (exact) mass is 240 g/mol. The Morgan fingerprint density at radius 3 is 2.46 bits per heavy atom. The average molecular weight is 241 g/mol. The van der Waals surface area contributed by atoms with Crippen LogP contribution in [0.5, 0.6) is 0 Å². The second kappa shape index (κ2) is 6.17. The first kappa shape index (κ1) is 10.7. The van der Waals surface area contributed by atoms with E-state index in [9.17, 15) is 0 Å². The molecule has 0 aliphatic carbocycles. The van der Waals surface area contributed by atoms with Crippen LogP contribution in [0.25, 0.3) is 0 Å². The highest BCUT2D eigenvalue weighted by Gasteiger charge is 1.92. The van der Waals surface area contributed by atoms with E-state index in [1.54, 1.807) is 0 Å². The van der Waals surface area contributed by atoms with E-state index >= 15 is 0 Å². The molecule has 0 saturated carbocycles. The number of hydrogen-bond acceptors (Lipinski definition) is 1. The maximum absolute atomic E-state index is 3.77. The maximum atomic E-state index is 3.77. The number of nitrogens with one attached hydrogen (secondary N) is 1. The van der Waals surface area contributed by atoms with Gasteiger partial charge >= 0.3 is 0 Å². The van der Waals surface area contributed by atoms with E-state index in [1.807, 2.05) is 0 Å². The largest absolute Gasteiger partial charge is 0.316 e. The van der Waals surface area contributed by atoms with Crippen LogP contribution in [0.1, 0.15) is 12.0 Å². The Morgan fingerprint density at radius 1 is 1.15 bits per heavy atom. The molecule has 71 valence electrons. The minimum atomic E-state index is 0.959. The first-order valence-electron chi connectivity index (χ1n) is 4.57. The van der Waals surface area contributed by atoms with Crippen molar-refractivity contribution in [1.29, 1.82) is 0 Å². The third kappa shape index (κ3) is 4.44. The lowest BCUT2D eigenvalue weighted by atomic mass is 10.1. The normalized spacial score (nSPS) is 10.3. The molecule has 0 unspecified atom stereocenters. The topological polar surface area (TPSA) is 12.0 Å². The fourth-order valence-corrected chi connectivity index (χ4v) is 1.40. The summed E-state index contributed by atoms with van der Waals surface area (Å²) in [6.45, 7) is 5.82. The molecule has 0 aliphatic rings. The molecule has 0 aromatic heterocycles. The standard InChI is InChI=1S/C11H15BrN/c1-2-8-13-9-7-10-3-5-11(12)6-4-10/h3-6,13H,1-2,7-9H2. The molecule has 1 N–H and O–H groups in total. The third-order valence-corrected chi connectivity index (χ3v) is 2.39. The Hall–Kier alpha value is -0.340. The van der Waals surface area contributed by atoms with Gasteiger partial charge in [0.25, 0.3) is 0 Å². The van der Waals surface area contributed by atoms with Crippen LogP contribution in [0.15, 0.2) is 28.7 Å². The van der Waals surface area contributed by atoms with Gasteiger partial charge in [0.1, 0.15) is 0 Å². The van der Waals surface area contributed by atoms with Crippen molar-refractivity contribution in [3.63, 3.8) is 0 Å². The number of rotatable bonds is 5. The predicted octanol–water partition coefficient (Wildman–Crippen LogP) is 2.81. The summed E-state index contributed by atoms with van der Waals surface area (Å²) < 4.78 is 1.14. The van der Waals surface area contributed by atoms with E-state index in [0.29, 0.717) is 0 Å². The van der Waals surface area contributed by atoms with Gasteiger partial charge in [0, 0.05) is 4.47 Å². The Morgan fingerprint density at radius 2 is 1.85 bits per heavy atom. The van der Waals surface area contributed by atoms with E-state index in [4.69, 9.17) is 0 Å². The molecule has 0 atom stereocenters. The summed E-state index contributed by atoms with van der Waals surface area (Å²) in [6, 6.07) is 8.46. The van der Waals surface area contributed by atoms with Crippen molar-refractivity contribution in [3.8, 4) is 0 Å². The zero-order chi connectivity index (χ0) is 9.52. The van der Waals surface area contributed by atoms with Crippen molar-refractivity contribution in [2.75, 3.05) is 13.1 Å². The van der Waals surface area contributed by atoms with E-state index in [2.05, 4.69) is 52.4 Å². The summed E-state index contributed by atoms with van der Waals surface area (Å²) in [5.41, 5.74) is 1.37. The molecule has 0 fully saturated rings. The highest BCUT2D eigenvalue weighted by atomic mass is 79.9. The van der Waals surface area contributed by atoms with Gasteiger partial charge < -0.3 is 5.32 Å². The summed E-state index contributed by atoms with van der Waals surface area (Å²) in [6.07, 6.45) is 2.05. The molecule has 1 aromatic rings. The highest BCUT2D eigenvalue weighted by molar-refractivity contribution is 9.10. The molecule has 0 bridgehead atoms. The smallest absolute Gasteiger partial charge is 0.0175 e. The SMILES string of the molecule is [CH2]CCNCCc1ccc(Br)cc1. The Balaban J connectivity index is 2.25. The molecule has 1 nitrogen and oxygen atoms in total. The van der Waals surface area contributed by atoms with E-state index in [1.165, 1.54) is 5.56 Å². The minimum Gasteiger partial charge on any atom is -0.316 e. The average Bonchev–Trinajstić information content (AvgIpc) is 2.15. The zero-order valence-corrected chi connectivity index (χ0v) is 9.31. The van der Waals surface area contributed by atoms with Crippen molar-refractivity contribution in [1.82, 2.24) is 5.32 Å². The summed E-state index contributed by atoms with van der Waals surface area (Å²) in [5.74, 6) is 0. The second-order valence-electron chi connectivity index (χ2n) is 2.98. The first-order chi connectivity index (χ1) is 6.33. The molecule has 0 heterocycles.